The summed E-state index contributed by atoms with van der Waals surface area (Å²) in [4.78, 5) is 16.8. The Morgan fingerprint density at radius 1 is 1.23 bits per heavy atom. The van der Waals surface area contributed by atoms with Crippen molar-refractivity contribution < 1.29 is 9.53 Å². The molecule has 0 spiro atoms. The van der Waals surface area contributed by atoms with Gasteiger partial charge >= 0.3 is 0 Å². The van der Waals surface area contributed by atoms with E-state index >= 15 is 0 Å². The van der Waals surface area contributed by atoms with Crippen LogP contribution in [0.25, 0.3) is 0 Å². The van der Waals surface area contributed by atoms with E-state index in [4.69, 9.17) is 11.2 Å². The number of guanidine groups is 1. The van der Waals surface area contributed by atoms with Crippen LogP contribution in [-0.4, -0.2) is 31.6 Å². The fourth-order valence-corrected chi connectivity index (χ4v) is 2.49. The van der Waals surface area contributed by atoms with Gasteiger partial charge in [-0.1, -0.05) is 42.8 Å². The number of hydrogen-bond donors (Lipinski definition) is 3. The van der Waals surface area contributed by atoms with Gasteiger partial charge in [-0.05, 0) is 31.2 Å². The zero-order valence-electron chi connectivity index (χ0n) is 17.0. The molecule has 0 atom stereocenters. The number of terminal acetylenes is 1. The summed E-state index contributed by atoms with van der Waals surface area (Å²) < 4.78 is 5.66. The lowest BCUT2D eigenvalue weighted by atomic mass is 10.2. The first kappa shape index (κ1) is 25.0. The maximum absolute atomic E-state index is 12.2. The van der Waals surface area contributed by atoms with Crippen LogP contribution < -0.4 is 20.7 Å². The molecule has 0 unspecified atom stereocenters. The molecule has 0 radical (unpaired) electrons. The number of ether oxygens (including phenoxy) is 1. The predicted molar refractivity (Wildman–Crippen MR) is 133 cm³/mol. The monoisotopic (exact) mass is 518 g/mol. The highest BCUT2D eigenvalue weighted by Crippen LogP contribution is 2.18. The number of nitrogens with zero attached hydrogens (tertiary/aromatic N) is 1. The van der Waals surface area contributed by atoms with Gasteiger partial charge in [0.1, 0.15) is 12.4 Å². The van der Waals surface area contributed by atoms with Crippen LogP contribution in [0.1, 0.15) is 18.1 Å². The number of rotatable bonds is 9. The number of halogens is 1. The average molecular weight is 518 g/mol. The van der Waals surface area contributed by atoms with Crippen molar-refractivity contribution in [1.29, 1.82) is 0 Å². The quantitative estimate of drug-likeness (QED) is 0.156. The van der Waals surface area contributed by atoms with E-state index in [0.29, 0.717) is 36.9 Å². The first-order valence-electron chi connectivity index (χ1n) is 9.36. The first-order valence-corrected chi connectivity index (χ1v) is 9.36. The van der Waals surface area contributed by atoms with Gasteiger partial charge in [0.15, 0.2) is 5.96 Å². The summed E-state index contributed by atoms with van der Waals surface area (Å²) in [7, 11) is 0. The molecule has 1 amide bonds. The second-order valence-electron chi connectivity index (χ2n) is 6.03. The van der Waals surface area contributed by atoms with Crippen LogP contribution >= 0.6 is 24.0 Å². The minimum Gasteiger partial charge on any atom is -0.489 e. The van der Waals surface area contributed by atoms with E-state index in [0.717, 1.165) is 11.3 Å². The van der Waals surface area contributed by atoms with Crippen molar-refractivity contribution in [1.82, 2.24) is 10.6 Å². The van der Waals surface area contributed by atoms with Crippen LogP contribution in [0, 0.1) is 12.3 Å². The molecule has 0 aliphatic rings. The van der Waals surface area contributed by atoms with E-state index < -0.39 is 0 Å². The van der Waals surface area contributed by atoms with Gasteiger partial charge in [0.25, 0.3) is 0 Å². The molecule has 0 heterocycles. The molecule has 6 nitrogen and oxygen atoms in total. The molecule has 2 aromatic rings. The van der Waals surface area contributed by atoms with Crippen LogP contribution in [0.15, 0.2) is 66.2 Å². The van der Waals surface area contributed by atoms with E-state index in [1.165, 1.54) is 0 Å². The average Bonchev–Trinajstić information content (AvgIpc) is 2.75. The molecular weight excluding hydrogens is 491 g/mol. The molecule has 0 fully saturated rings. The Hall–Kier alpha value is -2.99. The Kier molecular flexibility index (Phi) is 11.7. The van der Waals surface area contributed by atoms with Gasteiger partial charge in [0, 0.05) is 23.4 Å². The predicted octanol–water partition coefficient (Wildman–Crippen LogP) is 3.54. The highest BCUT2D eigenvalue weighted by Gasteiger charge is 2.06. The number of carbonyl (C=O) groups is 1. The number of nitrogens with one attached hydrogen (secondary N) is 3. The van der Waals surface area contributed by atoms with Gasteiger partial charge in [-0.15, -0.1) is 30.4 Å². The number of amides is 1. The summed E-state index contributed by atoms with van der Waals surface area (Å²) in [6, 6.07) is 14.8. The molecule has 2 aromatic carbocycles. The topological polar surface area (TPSA) is 74.8 Å². The van der Waals surface area contributed by atoms with Gasteiger partial charge in [-0.2, -0.15) is 0 Å². The zero-order valence-corrected chi connectivity index (χ0v) is 19.3. The molecule has 0 saturated carbocycles. The third-order valence-electron chi connectivity index (χ3n) is 3.81. The second-order valence-corrected chi connectivity index (χ2v) is 6.03. The summed E-state index contributed by atoms with van der Waals surface area (Å²) in [6.45, 7) is 7.21. The Bertz CT molecular complexity index is 906. The van der Waals surface area contributed by atoms with Crippen molar-refractivity contribution in [2.24, 2.45) is 4.99 Å². The SMILES string of the molecule is C#Cc1cccc(NC(=O)CNC(=NCc2ccccc2OCC=C)NCC)c1.I. The van der Waals surface area contributed by atoms with Crippen LogP contribution in [0.4, 0.5) is 5.69 Å². The molecule has 0 aliphatic carbocycles. The summed E-state index contributed by atoms with van der Waals surface area (Å²) in [5, 5.41) is 8.97. The Balaban J connectivity index is 0.00000450. The third kappa shape index (κ3) is 8.57. The molecular formula is C23H27IN4O2. The molecule has 2 rings (SSSR count). The summed E-state index contributed by atoms with van der Waals surface area (Å²) >= 11 is 0. The number of benzene rings is 2. The standard InChI is InChI=1S/C23H26N4O2.HI/c1-4-14-29-21-13-8-7-11-19(21)16-25-23(24-6-3)26-17-22(28)27-20-12-9-10-18(5-2)15-20;/h2,4,7-13,15H,1,6,14,16-17H2,3H3,(H,27,28)(H2,24,25,26);1H. The largest absolute Gasteiger partial charge is 0.489 e. The van der Waals surface area contributed by atoms with E-state index in [1.54, 1.807) is 30.3 Å². The minimum atomic E-state index is -0.195. The van der Waals surface area contributed by atoms with E-state index in [1.807, 2.05) is 31.2 Å². The molecule has 158 valence electrons. The molecule has 0 bridgehead atoms. The van der Waals surface area contributed by atoms with E-state index in [2.05, 4.69) is 33.4 Å². The van der Waals surface area contributed by atoms with Crippen molar-refractivity contribution in [3.8, 4) is 18.1 Å². The number of aliphatic imine (C=N–C) groups is 1. The maximum Gasteiger partial charge on any atom is 0.243 e. The molecule has 7 heteroatoms. The van der Waals surface area contributed by atoms with Crippen molar-refractivity contribution >= 4 is 41.5 Å². The normalized spacial score (nSPS) is 10.2. The van der Waals surface area contributed by atoms with Crippen molar-refractivity contribution in [2.45, 2.75) is 13.5 Å². The van der Waals surface area contributed by atoms with E-state index in [9.17, 15) is 4.79 Å². The Morgan fingerprint density at radius 3 is 2.77 bits per heavy atom. The minimum absolute atomic E-state index is 0. The molecule has 0 aromatic heterocycles. The summed E-state index contributed by atoms with van der Waals surface area (Å²) in [5.74, 6) is 3.65. The Morgan fingerprint density at radius 2 is 2.03 bits per heavy atom. The van der Waals surface area contributed by atoms with Crippen LogP contribution in [0.5, 0.6) is 5.75 Å². The summed E-state index contributed by atoms with van der Waals surface area (Å²) in [6.07, 6.45) is 7.09. The number of carbonyl (C=O) groups excluding carboxylic acids is 1. The highest BCUT2D eigenvalue weighted by molar-refractivity contribution is 14.0. The highest BCUT2D eigenvalue weighted by atomic mass is 127. The smallest absolute Gasteiger partial charge is 0.243 e. The molecule has 0 aliphatic heterocycles. The van der Waals surface area contributed by atoms with Gasteiger partial charge in [-0.3, -0.25) is 4.79 Å². The first-order chi connectivity index (χ1) is 14.2. The maximum atomic E-state index is 12.2. The van der Waals surface area contributed by atoms with Gasteiger partial charge in [0.05, 0.1) is 13.1 Å². The zero-order chi connectivity index (χ0) is 20.9. The van der Waals surface area contributed by atoms with Gasteiger partial charge < -0.3 is 20.7 Å². The fraction of sp³-hybridized carbons (Fsp3) is 0.217. The van der Waals surface area contributed by atoms with Crippen LogP contribution in [0.3, 0.4) is 0 Å². The van der Waals surface area contributed by atoms with Crippen molar-refractivity contribution in [3.05, 3.63) is 72.3 Å². The molecule has 30 heavy (non-hydrogen) atoms. The number of para-hydroxylation sites is 1. The van der Waals surface area contributed by atoms with Gasteiger partial charge in [-0.25, -0.2) is 4.99 Å². The van der Waals surface area contributed by atoms with Crippen LogP contribution in [0.2, 0.25) is 0 Å². The molecule has 0 saturated heterocycles. The van der Waals surface area contributed by atoms with Gasteiger partial charge in [0.2, 0.25) is 5.91 Å². The fourth-order valence-electron chi connectivity index (χ4n) is 2.49. The van der Waals surface area contributed by atoms with E-state index in [-0.39, 0.29) is 36.4 Å². The van der Waals surface area contributed by atoms with Crippen LogP contribution in [-0.2, 0) is 11.3 Å². The number of hydrogen-bond acceptors (Lipinski definition) is 3. The summed E-state index contributed by atoms with van der Waals surface area (Å²) in [5.41, 5.74) is 2.31. The third-order valence-corrected chi connectivity index (χ3v) is 3.81. The molecule has 3 N–H and O–H groups in total. The Labute approximate surface area is 195 Å². The van der Waals surface area contributed by atoms with Crippen molar-refractivity contribution in [3.63, 3.8) is 0 Å². The number of anilines is 1. The lowest BCUT2D eigenvalue weighted by Crippen LogP contribution is -2.41. The lowest BCUT2D eigenvalue weighted by Gasteiger charge is -2.13. The lowest BCUT2D eigenvalue weighted by molar-refractivity contribution is -0.115. The second kappa shape index (κ2) is 14.1. The van der Waals surface area contributed by atoms with Crippen molar-refractivity contribution in [2.75, 3.05) is 25.0 Å².